The maximum absolute atomic E-state index is 10.9. The van der Waals surface area contributed by atoms with Gasteiger partial charge in [-0.2, -0.15) is 0 Å². The topological polar surface area (TPSA) is 81.6 Å². The van der Waals surface area contributed by atoms with E-state index >= 15 is 0 Å². The van der Waals surface area contributed by atoms with Crippen molar-refractivity contribution in [2.45, 2.75) is 32.8 Å². The molecule has 0 radical (unpaired) electrons. The van der Waals surface area contributed by atoms with Crippen LogP contribution in [0.2, 0.25) is 0 Å². The molecule has 0 saturated carbocycles. The Hall–Kier alpha value is -0.720. The summed E-state index contributed by atoms with van der Waals surface area (Å²) in [5, 5.41) is 0. The zero-order chi connectivity index (χ0) is 13.3. The SMILES string of the molecule is CCCCN(CCOC(C)C(N)=S)CC(N)=O. The summed E-state index contributed by atoms with van der Waals surface area (Å²) in [5.74, 6) is -0.316. The molecule has 0 fully saturated rings. The van der Waals surface area contributed by atoms with Gasteiger partial charge in [0.25, 0.3) is 0 Å². The van der Waals surface area contributed by atoms with E-state index in [1.807, 2.05) is 11.8 Å². The van der Waals surface area contributed by atoms with Crippen LogP contribution in [0.15, 0.2) is 0 Å². The van der Waals surface area contributed by atoms with E-state index in [0.717, 1.165) is 19.4 Å². The van der Waals surface area contributed by atoms with Crippen molar-refractivity contribution in [2.75, 3.05) is 26.2 Å². The third-order valence-electron chi connectivity index (χ3n) is 2.38. The summed E-state index contributed by atoms with van der Waals surface area (Å²) in [4.78, 5) is 13.2. The second-order valence-corrected chi connectivity index (χ2v) is 4.48. The summed E-state index contributed by atoms with van der Waals surface area (Å²) in [5.41, 5.74) is 10.6. The number of rotatable bonds is 10. The molecule has 0 aromatic carbocycles. The molecule has 0 aliphatic heterocycles. The zero-order valence-electron chi connectivity index (χ0n) is 10.6. The number of carbonyl (C=O) groups is 1. The molecule has 0 saturated heterocycles. The van der Waals surface area contributed by atoms with Gasteiger partial charge < -0.3 is 16.2 Å². The number of hydrogen-bond donors (Lipinski definition) is 2. The third-order valence-corrected chi connectivity index (χ3v) is 2.72. The van der Waals surface area contributed by atoms with Crippen LogP contribution < -0.4 is 11.5 Å². The standard InChI is InChI=1S/C11H23N3O2S/c1-3-4-5-14(8-10(12)15)6-7-16-9(2)11(13)17/h9H,3-8H2,1-2H3,(H2,12,15)(H2,13,17). The van der Waals surface area contributed by atoms with Gasteiger partial charge in [-0.25, -0.2) is 0 Å². The normalized spacial score (nSPS) is 12.6. The quantitative estimate of drug-likeness (QED) is 0.552. The maximum atomic E-state index is 10.9. The highest BCUT2D eigenvalue weighted by Crippen LogP contribution is 1.97. The minimum atomic E-state index is -0.316. The second kappa shape index (κ2) is 9.32. The minimum absolute atomic E-state index is 0.230. The predicted octanol–water partition coefficient (Wildman–Crippen LogP) is 0.265. The number of hydrogen-bond acceptors (Lipinski definition) is 4. The van der Waals surface area contributed by atoms with Gasteiger partial charge in [0, 0.05) is 6.54 Å². The number of carbonyl (C=O) groups excluding carboxylic acids is 1. The van der Waals surface area contributed by atoms with E-state index in [1.165, 1.54) is 0 Å². The van der Waals surface area contributed by atoms with Crippen molar-refractivity contribution < 1.29 is 9.53 Å². The average Bonchev–Trinajstić information content (AvgIpc) is 2.24. The van der Waals surface area contributed by atoms with E-state index in [0.29, 0.717) is 18.1 Å². The lowest BCUT2D eigenvalue weighted by Crippen LogP contribution is -2.38. The molecule has 100 valence electrons. The van der Waals surface area contributed by atoms with Crippen molar-refractivity contribution in [2.24, 2.45) is 11.5 Å². The van der Waals surface area contributed by atoms with Crippen molar-refractivity contribution in [3.05, 3.63) is 0 Å². The Morgan fingerprint density at radius 1 is 1.41 bits per heavy atom. The van der Waals surface area contributed by atoms with E-state index in [1.54, 1.807) is 0 Å². The van der Waals surface area contributed by atoms with Crippen LogP contribution in [-0.2, 0) is 9.53 Å². The van der Waals surface area contributed by atoms with Crippen molar-refractivity contribution >= 4 is 23.1 Å². The smallest absolute Gasteiger partial charge is 0.231 e. The lowest BCUT2D eigenvalue weighted by atomic mass is 10.3. The fourth-order valence-electron chi connectivity index (χ4n) is 1.31. The molecular formula is C11H23N3O2S. The van der Waals surface area contributed by atoms with Crippen molar-refractivity contribution in [1.29, 1.82) is 0 Å². The monoisotopic (exact) mass is 261 g/mol. The second-order valence-electron chi connectivity index (χ2n) is 4.01. The molecule has 0 aliphatic rings. The molecular weight excluding hydrogens is 238 g/mol. The maximum Gasteiger partial charge on any atom is 0.231 e. The van der Waals surface area contributed by atoms with Crippen molar-refractivity contribution in [1.82, 2.24) is 4.90 Å². The number of amides is 1. The summed E-state index contributed by atoms with van der Waals surface area (Å²) >= 11 is 4.80. The summed E-state index contributed by atoms with van der Waals surface area (Å²) in [7, 11) is 0. The molecule has 0 bridgehead atoms. The molecule has 5 nitrogen and oxygen atoms in total. The van der Waals surface area contributed by atoms with Gasteiger partial charge in [0.05, 0.1) is 13.2 Å². The number of ether oxygens (including phenoxy) is 1. The summed E-state index contributed by atoms with van der Waals surface area (Å²) in [6, 6.07) is 0. The average molecular weight is 261 g/mol. The van der Waals surface area contributed by atoms with Crippen LogP contribution in [0.4, 0.5) is 0 Å². The van der Waals surface area contributed by atoms with Gasteiger partial charge in [0.2, 0.25) is 5.91 Å². The predicted molar refractivity (Wildman–Crippen MR) is 72.7 cm³/mol. The Morgan fingerprint density at radius 3 is 2.53 bits per heavy atom. The van der Waals surface area contributed by atoms with Gasteiger partial charge in [0.1, 0.15) is 11.1 Å². The number of primary amides is 1. The Balaban J connectivity index is 3.89. The fourth-order valence-corrected chi connectivity index (χ4v) is 1.38. The minimum Gasteiger partial charge on any atom is -0.391 e. The van der Waals surface area contributed by atoms with Crippen molar-refractivity contribution in [3.8, 4) is 0 Å². The molecule has 0 heterocycles. The van der Waals surface area contributed by atoms with Crippen LogP contribution in [0.3, 0.4) is 0 Å². The lowest BCUT2D eigenvalue weighted by Gasteiger charge is -2.21. The largest absolute Gasteiger partial charge is 0.391 e. The van der Waals surface area contributed by atoms with Crippen LogP contribution in [0.25, 0.3) is 0 Å². The van der Waals surface area contributed by atoms with Gasteiger partial charge in [-0.15, -0.1) is 0 Å². The highest BCUT2D eigenvalue weighted by atomic mass is 32.1. The molecule has 0 spiro atoms. The van der Waals surface area contributed by atoms with Crippen molar-refractivity contribution in [3.63, 3.8) is 0 Å². The third kappa shape index (κ3) is 9.02. The zero-order valence-corrected chi connectivity index (χ0v) is 11.5. The first-order valence-corrected chi connectivity index (χ1v) is 6.29. The van der Waals surface area contributed by atoms with Crippen LogP contribution in [-0.4, -0.2) is 48.1 Å². The van der Waals surface area contributed by atoms with E-state index in [9.17, 15) is 4.79 Å². The number of thiocarbonyl (C=S) groups is 1. The summed E-state index contributed by atoms with van der Waals surface area (Å²) in [6.07, 6.45) is 1.89. The fraction of sp³-hybridized carbons (Fsp3) is 0.818. The molecule has 6 heteroatoms. The van der Waals surface area contributed by atoms with Crippen LogP contribution in [0.5, 0.6) is 0 Å². The van der Waals surface area contributed by atoms with Crippen LogP contribution in [0.1, 0.15) is 26.7 Å². The van der Waals surface area contributed by atoms with E-state index in [-0.39, 0.29) is 18.6 Å². The highest BCUT2D eigenvalue weighted by molar-refractivity contribution is 7.80. The Kier molecular flexibility index (Phi) is 8.93. The van der Waals surface area contributed by atoms with Crippen LogP contribution >= 0.6 is 12.2 Å². The van der Waals surface area contributed by atoms with E-state index in [2.05, 4.69) is 6.92 Å². The number of nitrogens with two attached hydrogens (primary N) is 2. The van der Waals surface area contributed by atoms with Gasteiger partial charge >= 0.3 is 0 Å². The van der Waals surface area contributed by atoms with Crippen LogP contribution in [0, 0.1) is 0 Å². The molecule has 0 rings (SSSR count). The Morgan fingerprint density at radius 2 is 2.06 bits per heavy atom. The molecule has 1 unspecified atom stereocenters. The van der Waals surface area contributed by atoms with E-state index in [4.69, 9.17) is 28.4 Å². The summed E-state index contributed by atoms with van der Waals surface area (Å²) in [6.45, 7) is 6.20. The molecule has 0 aliphatic carbocycles. The van der Waals surface area contributed by atoms with Gasteiger partial charge in [-0.3, -0.25) is 9.69 Å². The molecule has 0 aromatic rings. The number of unbranched alkanes of at least 4 members (excludes halogenated alkanes) is 1. The molecule has 1 atom stereocenters. The molecule has 4 N–H and O–H groups in total. The Labute approximate surface area is 108 Å². The molecule has 1 amide bonds. The number of nitrogens with zero attached hydrogens (tertiary/aromatic N) is 1. The summed E-state index contributed by atoms with van der Waals surface area (Å²) < 4.78 is 5.44. The van der Waals surface area contributed by atoms with E-state index < -0.39 is 0 Å². The first-order chi connectivity index (χ1) is 7.97. The Bertz CT molecular complexity index is 249. The highest BCUT2D eigenvalue weighted by Gasteiger charge is 2.09. The first-order valence-electron chi connectivity index (χ1n) is 5.89. The van der Waals surface area contributed by atoms with Gasteiger partial charge in [0.15, 0.2) is 0 Å². The molecule has 17 heavy (non-hydrogen) atoms. The molecule has 0 aromatic heterocycles. The first kappa shape index (κ1) is 16.3. The lowest BCUT2D eigenvalue weighted by molar-refractivity contribution is -0.119. The van der Waals surface area contributed by atoms with Gasteiger partial charge in [-0.05, 0) is 19.9 Å². The van der Waals surface area contributed by atoms with Gasteiger partial charge in [-0.1, -0.05) is 25.6 Å².